The maximum absolute atomic E-state index is 10.3. The van der Waals surface area contributed by atoms with E-state index in [1.165, 1.54) is 0 Å². The molecule has 0 N–H and O–H groups in total. The average molecular weight is 776 g/mol. The van der Waals surface area contributed by atoms with Gasteiger partial charge >= 0.3 is 0 Å². The Hall–Kier alpha value is -7.21. The first-order chi connectivity index (χ1) is 42.0. The second kappa shape index (κ2) is 12.4. The number of nitrogens with zero attached hydrogens (tertiary/aromatic N) is 4. The average Bonchev–Trinajstić information content (AvgIpc) is 1.25. The van der Waals surface area contributed by atoms with E-state index >= 15 is 0 Å². The van der Waals surface area contributed by atoms with Crippen LogP contribution in [0.1, 0.15) is 67.8 Å². The van der Waals surface area contributed by atoms with E-state index < -0.39 is 312 Å². The molecule has 2 aromatic heterocycles. The van der Waals surface area contributed by atoms with Crippen molar-refractivity contribution in [1.29, 1.82) is 0 Å². The van der Waals surface area contributed by atoms with E-state index in [4.69, 9.17) is 28.3 Å². The largest absolute Gasteiger partial charge is 0.278 e. The smallest absolute Gasteiger partial charge is 0.238 e. The Kier molecular flexibility index (Phi) is 2.93. The second-order valence-electron chi connectivity index (χ2n) is 12.6. The number of rotatable bonds is 5. The van der Waals surface area contributed by atoms with Crippen molar-refractivity contribution in [3.8, 4) is 39.9 Å². The van der Waals surface area contributed by atoms with Crippen molar-refractivity contribution in [3.05, 3.63) is 216 Å². The summed E-state index contributed by atoms with van der Waals surface area (Å²) in [4.78, 5) is 13.8. The van der Waals surface area contributed by atoms with Gasteiger partial charge in [-0.15, -0.1) is 0 Å². The highest BCUT2D eigenvalue weighted by molar-refractivity contribution is 7.20. The number of benzene rings is 8. The van der Waals surface area contributed by atoms with Crippen LogP contribution in [0.25, 0.3) is 61.7 Å². The molecule has 5 heteroatoms. The van der Waals surface area contributed by atoms with Gasteiger partial charge in [0.15, 0.2) is 19.7 Å². The van der Waals surface area contributed by atoms with Gasteiger partial charge in [-0.3, -0.25) is 4.57 Å². The van der Waals surface area contributed by atoms with Crippen LogP contribution in [0.4, 0.5) is 0 Å². The third-order valence-corrected chi connectivity index (χ3v) is 14.3. The zero-order valence-electron chi connectivity index (χ0n) is 61.4. The molecule has 0 spiro atoms. The van der Waals surface area contributed by atoms with Gasteiger partial charge in [0.1, 0.15) is 0 Å². The Balaban J connectivity index is 1.45. The molecule has 1 atom stereocenters. The fourth-order valence-corrected chi connectivity index (χ4v) is 12.2. The van der Waals surface area contributed by atoms with E-state index in [0.717, 1.165) is 0 Å². The molecule has 12 rings (SSSR count). The summed E-state index contributed by atoms with van der Waals surface area (Å²) in [6.45, 7) is 0. The molecule has 0 saturated heterocycles. The zero-order valence-corrected chi connectivity index (χ0v) is 29.4. The Morgan fingerprint density at radius 2 is 0.912 bits per heavy atom. The Bertz CT molecular complexity index is 4910. The Morgan fingerprint density at radius 1 is 0.421 bits per heavy atom. The van der Waals surface area contributed by atoms with Crippen LogP contribution in [-0.4, -0.2) is 27.6 Å². The van der Waals surface area contributed by atoms with Crippen molar-refractivity contribution >= 4 is 50.6 Å². The number of para-hydroxylation sites is 2. The first-order valence-electron chi connectivity index (χ1n) is 33.4. The van der Waals surface area contributed by atoms with E-state index in [1.807, 2.05) is 0 Å². The highest BCUT2D eigenvalue weighted by Crippen LogP contribution is 2.51. The molecule has 2 aliphatic rings. The first kappa shape index (κ1) is 13.5. The SMILES string of the molecule is [2H]c1c([2H])c([2H])c(-c2nc(-c3c([2H])c([2H])c([2H])c4c3C3c5c([2H])c([2H])c([2H])c([2H])c5-c5c([2H])c([2H])c([2H])c(c53)[Si]4(c3c([2H])c([2H])c([2H])c([2H])c3[2H])c3c([2H])c([2H])c([2H])c([2H])c3[2H])nc(-n3c4c([2H])c([2H])c([2H])c([2H])c4c4c([2H])c([2H])c([2H])c([2H])c43)n2)c([2H])c1[2H]. The molecule has 1 aliphatic carbocycles. The van der Waals surface area contributed by atoms with Crippen molar-refractivity contribution in [2.24, 2.45) is 0 Å². The van der Waals surface area contributed by atoms with Gasteiger partial charge in [-0.1, -0.05) is 187 Å². The summed E-state index contributed by atoms with van der Waals surface area (Å²) < 4.78 is 307. The normalized spacial score (nSPS) is 22.7. The van der Waals surface area contributed by atoms with Crippen molar-refractivity contribution in [1.82, 2.24) is 19.5 Å². The van der Waals surface area contributed by atoms with Gasteiger partial charge in [-0.25, -0.2) is 4.98 Å². The third kappa shape index (κ3) is 4.52. The number of fused-ring (bicyclic) bond motifs is 8. The fourth-order valence-electron chi connectivity index (χ4n) is 7.84. The minimum Gasteiger partial charge on any atom is -0.278 e. The second-order valence-corrected chi connectivity index (χ2v) is 16.1. The van der Waals surface area contributed by atoms with E-state index in [2.05, 4.69) is 9.97 Å². The molecular weight excluding hydrogens is 709 g/mol. The summed E-state index contributed by atoms with van der Waals surface area (Å²) in [5, 5.41) is -4.87. The molecule has 10 aromatic rings. The van der Waals surface area contributed by atoms with Crippen LogP contribution < -0.4 is 20.7 Å². The van der Waals surface area contributed by atoms with Crippen LogP contribution in [0.5, 0.6) is 0 Å². The van der Waals surface area contributed by atoms with Gasteiger partial charge in [-0.05, 0) is 60.6 Å². The van der Waals surface area contributed by atoms with Gasteiger partial charge in [0, 0.05) is 27.8 Å². The van der Waals surface area contributed by atoms with E-state index in [9.17, 15) is 21.9 Å². The molecule has 4 nitrogen and oxygen atoms in total. The molecule has 0 bridgehead atoms. The zero-order chi connectivity index (χ0) is 66.2. The maximum Gasteiger partial charge on any atom is 0.238 e. The van der Waals surface area contributed by atoms with Gasteiger partial charge in [-0.2, -0.15) is 9.97 Å². The van der Waals surface area contributed by atoms with E-state index in [0.29, 0.717) is 4.57 Å². The van der Waals surface area contributed by atoms with Crippen LogP contribution in [0, 0.1) is 0 Å². The van der Waals surface area contributed by atoms with Crippen LogP contribution in [0.3, 0.4) is 0 Å². The predicted molar refractivity (Wildman–Crippen MR) is 235 cm³/mol. The molecule has 3 heterocycles. The molecule has 0 fully saturated rings. The fraction of sp³-hybridized carbons (Fsp3) is 0.0192. The predicted octanol–water partition coefficient (Wildman–Crippen LogP) is 9.15. The lowest BCUT2D eigenvalue weighted by Gasteiger charge is -2.43. The highest BCUT2D eigenvalue weighted by Gasteiger charge is 2.52. The first-order valence-corrected chi connectivity index (χ1v) is 18.9. The molecule has 266 valence electrons. The standard InChI is InChI=1S/C52H34N4Si/c1-4-18-34(19-5-1)50-53-51(55-52(54-50)56-43-30-14-12-25-38(43)39-26-13-15-31-44(39)56)42-29-17-33-46-48(42)49-41-27-11-10-24-37(41)40-28-16-32-45(47(40)49)57(46,35-20-6-2-7-21-35)36-22-8-3-9-23-36/h1-33,49H/i1D,2D,3D,4D,5D,6D,7D,8D,9D,10D,11D,12D,13D,14D,15D,16D,17D,18D,19D,20D,21D,22D,23D,24D,25D,26D,27D,28D,29D,30D,31D,32D,33D. The van der Waals surface area contributed by atoms with Gasteiger partial charge in [0.05, 0.1) is 56.3 Å². The van der Waals surface area contributed by atoms with Crippen molar-refractivity contribution in [3.63, 3.8) is 0 Å². The third-order valence-electron chi connectivity index (χ3n) is 9.96. The molecule has 1 unspecified atom stereocenters. The maximum atomic E-state index is 10.3. The van der Waals surface area contributed by atoms with Crippen molar-refractivity contribution in [2.75, 3.05) is 0 Å². The number of hydrogen-bond acceptors (Lipinski definition) is 3. The summed E-state index contributed by atoms with van der Waals surface area (Å²) >= 11 is 0. The Labute approximate surface area is 377 Å². The minimum absolute atomic E-state index is 0.570. The van der Waals surface area contributed by atoms with Gasteiger partial charge < -0.3 is 0 Å². The topological polar surface area (TPSA) is 43.6 Å². The summed E-state index contributed by atoms with van der Waals surface area (Å²) in [5.41, 5.74) is -6.38. The minimum atomic E-state index is -6.30. The highest BCUT2D eigenvalue weighted by atomic mass is 28.3. The van der Waals surface area contributed by atoms with E-state index in [-0.39, 0.29) is 0 Å². The lowest BCUT2D eigenvalue weighted by atomic mass is 9.85. The van der Waals surface area contributed by atoms with Crippen LogP contribution in [0.2, 0.25) is 0 Å². The Morgan fingerprint density at radius 3 is 1.56 bits per heavy atom. The molecule has 8 aromatic carbocycles. The van der Waals surface area contributed by atoms with Crippen LogP contribution in [-0.2, 0) is 0 Å². The monoisotopic (exact) mass is 775 g/mol. The molecular formula is C52H34N4Si. The van der Waals surface area contributed by atoms with Crippen LogP contribution in [0.15, 0.2) is 199 Å². The number of hydrogen-bond donors (Lipinski definition) is 0. The summed E-state index contributed by atoms with van der Waals surface area (Å²) in [6.07, 6.45) is 0. The van der Waals surface area contributed by atoms with Crippen molar-refractivity contribution in [2.45, 2.75) is 5.92 Å². The van der Waals surface area contributed by atoms with Gasteiger partial charge in [0.25, 0.3) is 0 Å². The quantitative estimate of drug-likeness (QED) is 0.164. The van der Waals surface area contributed by atoms with Crippen LogP contribution >= 0.6 is 0 Å². The van der Waals surface area contributed by atoms with E-state index in [1.54, 1.807) is 0 Å². The molecule has 0 saturated carbocycles. The molecule has 0 amide bonds. The molecule has 1 aliphatic heterocycles. The lowest BCUT2D eigenvalue weighted by Crippen LogP contribution is -2.77. The summed E-state index contributed by atoms with van der Waals surface area (Å²) in [5.74, 6) is -5.24. The van der Waals surface area contributed by atoms with Crippen molar-refractivity contribution < 1.29 is 45.2 Å². The molecule has 0 radical (unpaired) electrons. The van der Waals surface area contributed by atoms with Gasteiger partial charge in [0.2, 0.25) is 5.95 Å². The summed E-state index contributed by atoms with van der Waals surface area (Å²) in [7, 11) is -6.30. The summed E-state index contributed by atoms with van der Waals surface area (Å²) in [6, 6.07) is -34.7. The number of aromatic nitrogens is 4. The molecule has 57 heavy (non-hydrogen) atoms. The lowest BCUT2D eigenvalue weighted by molar-refractivity contribution is 0.946.